The summed E-state index contributed by atoms with van der Waals surface area (Å²) in [6.45, 7) is 6.23. The van der Waals surface area contributed by atoms with Crippen LogP contribution in [0.3, 0.4) is 0 Å². The molecule has 0 radical (unpaired) electrons. The van der Waals surface area contributed by atoms with E-state index >= 15 is 0 Å². The number of aromatic amines is 1. The standard InChI is InChI=1S/C16H20N4O/c1-16(2,3)13-10-14(20-19-13)18-15(21)8-7-11-5-4-6-12(17)9-11/h4-10H,17H2,1-3H3,(H2,18,19,20,21)/b8-7+. The van der Waals surface area contributed by atoms with Crippen molar-refractivity contribution in [3.05, 3.63) is 47.7 Å². The first-order chi connectivity index (χ1) is 9.84. The van der Waals surface area contributed by atoms with Crippen molar-refractivity contribution in [1.29, 1.82) is 0 Å². The van der Waals surface area contributed by atoms with Crippen LogP contribution in [0.15, 0.2) is 36.4 Å². The highest BCUT2D eigenvalue weighted by molar-refractivity contribution is 6.01. The molecule has 5 nitrogen and oxygen atoms in total. The maximum absolute atomic E-state index is 11.8. The normalized spacial score (nSPS) is 11.8. The van der Waals surface area contributed by atoms with Crippen LogP contribution in [0.4, 0.5) is 11.5 Å². The Hall–Kier alpha value is -2.56. The van der Waals surface area contributed by atoms with Crippen LogP contribution < -0.4 is 11.1 Å². The van der Waals surface area contributed by atoms with Gasteiger partial charge in [-0.3, -0.25) is 9.89 Å². The van der Waals surface area contributed by atoms with Crippen molar-refractivity contribution >= 4 is 23.5 Å². The number of aromatic nitrogens is 2. The monoisotopic (exact) mass is 284 g/mol. The van der Waals surface area contributed by atoms with Crippen molar-refractivity contribution in [2.75, 3.05) is 11.1 Å². The Morgan fingerprint density at radius 1 is 1.33 bits per heavy atom. The van der Waals surface area contributed by atoms with Gasteiger partial charge in [0.15, 0.2) is 5.82 Å². The number of carbonyl (C=O) groups excluding carboxylic acids is 1. The van der Waals surface area contributed by atoms with E-state index in [2.05, 4.69) is 36.3 Å². The molecule has 0 atom stereocenters. The van der Waals surface area contributed by atoms with Crippen LogP contribution in [-0.2, 0) is 10.2 Å². The summed E-state index contributed by atoms with van der Waals surface area (Å²) in [6, 6.07) is 9.17. The number of carbonyl (C=O) groups is 1. The molecule has 21 heavy (non-hydrogen) atoms. The molecule has 1 amide bonds. The number of hydrogen-bond donors (Lipinski definition) is 3. The number of nitrogens with zero attached hydrogens (tertiary/aromatic N) is 1. The second-order valence-corrected chi connectivity index (χ2v) is 5.91. The smallest absolute Gasteiger partial charge is 0.249 e. The Kier molecular flexibility index (Phi) is 4.12. The molecule has 2 aromatic rings. The van der Waals surface area contributed by atoms with Gasteiger partial charge in [0.1, 0.15) is 0 Å². The summed E-state index contributed by atoms with van der Waals surface area (Å²) in [7, 11) is 0. The van der Waals surface area contributed by atoms with Gasteiger partial charge in [-0.2, -0.15) is 5.10 Å². The first-order valence-corrected chi connectivity index (χ1v) is 6.75. The lowest BCUT2D eigenvalue weighted by atomic mass is 9.92. The maximum atomic E-state index is 11.8. The number of H-pyrrole nitrogens is 1. The molecule has 1 heterocycles. The number of hydrogen-bond acceptors (Lipinski definition) is 3. The number of amides is 1. The minimum atomic E-state index is -0.232. The number of anilines is 2. The van der Waals surface area contributed by atoms with Crippen molar-refractivity contribution in [2.24, 2.45) is 0 Å². The van der Waals surface area contributed by atoms with E-state index in [4.69, 9.17) is 5.73 Å². The van der Waals surface area contributed by atoms with Gasteiger partial charge in [0, 0.05) is 28.9 Å². The molecule has 0 spiro atoms. The number of rotatable bonds is 3. The second kappa shape index (κ2) is 5.83. The van der Waals surface area contributed by atoms with Gasteiger partial charge >= 0.3 is 0 Å². The van der Waals surface area contributed by atoms with Gasteiger partial charge in [-0.05, 0) is 23.8 Å². The van der Waals surface area contributed by atoms with Gasteiger partial charge in [0.25, 0.3) is 0 Å². The Labute approximate surface area is 124 Å². The third kappa shape index (κ3) is 4.21. The third-order valence-corrected chi connectivity index (χ3v) is 2.97. The molecule has 0 fully saturated rings. The largest absolute Gasteiger partial charge is 0.399 e. The quantitative estimate of drug-likeness (QED) is 0.598. The first-order valence-electron chi connectivity index (χ1n) is 6.75. The average Bonchev–Trinajstić information content (AvgIpc) is 2.85. The number of nitrogen functional groups attached to an aromatic ring is 1. The third-order valence-electron chi connectivity index (χ3n) is 2.97. The Bertz CT molecular complexity index is 665. The van der Waals surface area contributed by atoms with E-state index < -0.39 is 0 Å². The number of nitrogens with one attached hydrogen (secondary N) is 2. The van der Waals surface area contributed by atoms with E-state index in [9.17, 15) is 4.79 Å². The van der Waals surface area contributed by atoms with Crippen LogP contribution in [0.2, 0.25) is 0 Å². The van der Waals surface area contributed by atoms with Crippen LogP contribution in [0, 0.1) is 0 Å². The molecule has 1 aromatic carbocycles. The van der Waals surface area contributed by atoms with Crippen LogP contribution >= 0.6 is 0 Å². The highest BCUT2D eigenvalue weighted by atomic mass is 16.1. The predicted octanol–water partition coefficient (Wildman–Crippen LogP) is 2.94. The van der Waals surface area contributed by atoms with Crippen molar-refractivity contribution < 1.29 is 4.79 Å². The van der Waals surface area contributed by atoms with Gasteiger partial charge < -0.3 is 11.1 Å². The van der Waals surface area contributed by atoms with Gasteiger partial charge in [-0.15, -0.1) is 0 Å². The van der Waals surface area contributed by atoms with Crippen LogP contribution in [0.5, 0.6) is 0 Å². The van der Waals surface area contributed by atoms with Crippen LogP contribution in [-0.4, -0.2) is 16.1 Å². The maximum Gasteiger partial charge on any atom is 0.249 e. The molecule has 4 N–H and O–H groups in total. The topological polar surface area (TPSA) is 83.8 Å². The number of nitrogens with two attached hydrogens (primary N) is 1. The number of benzene rings is 1. The molecule has 5 heteroatoms. The molecule has 0 saturated carbocycles. The highest BCUT2D eigenvalue weighted by Gasteiger charge is 2.16. The molecule has 0 aliphatic rings. The summed E-state index contributed by atoms with van der Waals surface area (Å²) >= 11 is 0. The predicted molar refractivity (Wildman–Crippen MR) is 85.8 cm³/mol. The SMILES string of the molecule is CC(C)(C)c1cc(NC(=O)/C=C/c2cccc(N)c2)n[nH]1. The molecular formula is C16H20N4O. The lowest BCUT2D eigenvalue weighted by Gasteiger charge is -2.14. The summed E-state index contributed by atoms with van der Waals surface area (Å²) in [4.78, 5) is 11.8. The fourth-order valence-electron chi connectivity index (χ4n) is 1.77. The molecule has 2 rings (SSSR count). The lowest BCUT2D eigenvalue weighted by molar-refractivity contribution is -0.111. The summed E-state index contributed by atoms with van der Waals surface area (Å²) in [5.41, 5.74) is 8.16. The highest BCUT2D eigenvalue weighted by Crippen LogP contribution is 2.21. The summed E-state index contributed by atoms with van der Waals surface area (Å²) in [6.07, 6.45) is 3.17. The van der Waals surface area contributed by atoms with Crippen molar-refractivity contribution in [1.82, 2.24) is 10.2 Å². The van der Waals surface area contributed by atoms with Crippen LogP contribution in [0.1, 0.15) is 32.0 Å². The molecule has 1 aromatic heterocycles. The summed E-state index contributed by atoms with van der Waals surface area (Å²) in [5, 5.41) is 9.73. The molecule has 0 saturated heterocycles. The lowest BCUT2D eigenvalue weighted by Crippen LogP contribution is -2.11. The minimum Gasteiger partial charge on any atom is -0.399 e. The Morgan fingerprint density at radius 2 is 2.10 bits per heavy atom. The van der Waals surface area contributed by atoms with E-state index in [0.29, 0.717) is 11.5 Å². The Balaban J connectivity index is 2.00. The fraction of sp³-hybridized carbons (Fsp3) is 0.250. The van der Waals surface area contributed by atoms with Crippen molar-refractivity contribution in [3.8, 4) is 0 Å². The molecule has 0 bridgehead atoms. The second-order valence-electron chi connectivity index (χ2n) is 5.91. The Morgan fingerprint density at radius 3 is 2.71 bits per heavy atom. The van der Waals surface area contributed by atoms with E-state index in [1.165, 1.54) is 6.08 Å². The van der Waals surface area contributed by atoms with Gasteiger partial charge in [0.05, 0.1) is 0 Å². The van der Waals surface area contributed by atoms with Gasteiger partial charge in [-0.1, -0.05) is 32.9 Å². The zero-order chi connectivity index (χ0) is 15.5. The van der Waals surface area contributed by atoms with E-state index in [-0.39, 0.29) is 11.3 Å². The fourth-order valence-corrected chi connectivity index (χ4v) is 1.77. The van der Waals surface area contributed by atoms with Crippen molar-refractivity contribution in [2.45, 2.75) is 26.2 Å². The van der Waals surface area contributed by atoms with E-state index in [1.54, 1.807) is 18.2 Å². The summed E-state index contributed by atoms with van der Waals surface area (Å²) in [5.74, 6) is 0.284. The molecule has 0 aliphatic heterocycles. The zero-order valence-electron chi connectivity index (χ0n) is 12.5. The van der Waals surface area contributed by atoms with Gasteiger partial charge in [-0.25, -0.2) is 0 Å². The van der Waals surface area contributed by atoms with E-state index in [1.807, 2.05) is 18.2 Å². The molecule has 110 valence electrons. The van der Waals surface area contributed by atoms with Crippen molar-refractivity contribution in [3.63, 3.8) is 0 Å². The average molecular weight is 284 g/mol. The van der Waals surface area contributed by atoms with E-state index in [0.717, 1.165) is 11.3 Å². The van der Waals surface area contributed by atoms with Gasteiger partial charge in [0.2, 0.25) is 5.91 Å². The zero-order valence-corrected chi connectivity index (χ0v) is 12.5. The summed E-state index contributed by atoms with van der Waals surface area (Å²) < 4.78 is 0. The first kappa shape index (κ1) is 14.8. The minimum absolute atomic E-state index is 0.0343. The van der Waals surface area contributed by atoms with Crippen LogP contribution in [0.25, 0.3) is 6.08 Å². The molecule has 0 unspecified atom stereocenters. The molecular weight excluding hydrogens is 264 g/mol. The molecule has 0 aliphatic carbocycles.